The van der Waals surface area contributed by atoms with Crippen molar-refractivity contribution < 1.29 is 9.53 Å². The van der Waals surface area contributed by atoms with Gasteiger partial charge in [0.05, 0.1) is 6.61 Å². The molecule has 2 N–H and O–H groups in total. The zero-order valence-electron chi connectivity index (χ0n) is 13.7. The summed E-state index contributed by atoms with van der Waals surface area (Å²) in [6.45, 7) is 6.55. The number of carbonyl (C=O) groups excluding carboxylic acids is 1. The summed E-state index contributed by atoms with van der Waals surface area (Å²) < 4.78 is 5.14. The lowest BCUT2D eigenvalue weighted by molar-refractivity contribution is -0.139. The summed E-state index contributed by atoms with van der Waals surface area (Å²) in [5.41, 5.74) is 6.00. The molecule has 3 unspecified atom stereocenters. The van der Waals surface area contributed by atoms with Crippen LogP contribution in [0.1, 0.15) is 32.6 Å². The number of hydrogen-bond donors (Lipinski definition) is 1. The first-order chi connectivity index (χ1) is 9.61. The van der Waals surface area contributed by atoms with Gasteiger partial charge in [-0.1, -0.05) is 6.42 Å². The molecule has 2 fully saturated rings. The van der Waals surface area contributed by atoms with Crippen molar-refractivity contribution in [3.05, 3.63) is 0 Å². The van der Waals surface area contributed by atoms with Crippen molar-refractivity contribution in [2.45, 2.75) is 44.7 Å². The molecule has 5 nitrogen and oxygen atoms in total. The molecule has 1 amide bonds. The van der Waals surface area contributed by atoms with Gasteiger partial charge in [-0.15, -0.1) is 24.8 Å². The summed E-state index contributed by atoms with van der Waals surface area (Å²) in [5, 5.41) is 0. The third-order valence-electron chi connectivity index (χ3n) is 4.72. The maximum atomic E-state index is 12.6. The highest BCUT2D eigenvalue weighted by Gasteiger charge is 2.32. The van der Waals surface area contributed by atoms with Crippen LogP contribution in [0.5, 0.6) is 0 Å². The van der Waals surface area contributed by atoms with E-state index in [-0.39, 0.29) is 36.8 Å². The number of ether oxygens (including phenoxy) is 1. The molecule has 0 radical (unpaired) electrons. The number of halogens is 2. The van der Waals surface area contributed by atoms with Gasteiger partial charge >= 0.3 is 0 Å². The van der Waals surface area contributed by atoms with Crippen molar-refractivity contribution in [2.24, 2.45) is 11.7 Å². The normalized spacial score (nSPS) is 29.4. The van der Waals surface area contributed by atoms with Gasteiger partial charge in [0.15, 0.2) is 0 Å². The number of nitrogens with zero attached hydrogens (tertiary/aromatic N) is 2. The molecule has 2 rings (SSSR count). The second kappa shape index (κ2) is 10.7. The molecule has 3 atom stereocenters. The molecule has 0 aromatic heterocycles. The summed E-state index contributed by atoms with van der Waals surface area (Å²) in [4.78, 5) is 17.0. The molecule has 1 heterocycles. The maximum Gasteiger partial charge on any atom is 0.225 e. The quantitative estimate of drug-likeness (QED) is 0.830. The molecule has 1 aliphatic heterocycles. The van der Waals surface area contributed by atoms with Gasteiger partial charge in [0, 0.05) is 51.3 Å². The first kappa shape index (κ1) is 21.9. The van der Waals surface area contributed by atoms with Gasteiger partial charge in [0.25, 0.3) is 0 Å². The zero-order chi connectivity index (χ0) is 14.5. The van der Waals surface area contributed by atoms with Crippen molar-refractivity contribution >= 4 is 30.7 Å². The molecular weight excluding hydrogens is 325 g/mol. The van der Waals surface area contributed by atoms with Crippen molar-refractivity contribution in [1.29, 1.82) is 0 Å². The highest BCUT2D eigenvalue weighted by atomic mass is 35.5. The molecule has 2 aliphatic rings. The Labute approximate surface area is 146 Å². The smallest absolute Gasteiger partial charge is 0.225 e. The van der Waals surface area contributed by atoms with E-state index in [0.29, 0.717) is 11.9 Å². The zero-order valence-corrected chi connectivity index (χ0v) is 15.3. The van der Waals surface area contributed by atoms with Crippen LogP contribution in [0.25, 0.3) is 0 Å². The SMILES string of the molecule is COCCN1CCN(C(=O)C2CCCC(N)C2)CC1C.Cl.Cl. The molecule has 132 valence electrons. The van der Waals surface area contributed by atoms with Crippen molar-refractivity contribution in [1.82, 2.24) is 9.80 Å². The Morgan fingerprint density at radius 2 is 2.00 bits per heavy atom. The number of hydrogen-bond acceptors (Lipinski definition) is 4. The summed E-state index contributed by atoms with van der Waals surface area (Å²) >= 11 is 0. The fraction of sp³-hybridized carbons (Fsp3) is 0.933. The van der Waals surface area contributed by atoms with E-state index in [1.165, 1.54) is 0 Å². The monoisotopic (exact) mass is 355 g/mol. The molecule has 1 aliphatic carbocycles. The van der Waals surface area contributed by atoms with Crippen LogP contribution < -0.4 is 5.73 Å². The largest absolute Gasteiger partial charge is 0.383 e. The van der Waals surface area contributed by atoms with Crippen LogP contribution in [0, 0.1) is 5.92 Å². The third-order valence-corrected chi connectivity index (χ3v) is 4.72. The van der Waals surface area contributed by atoms with Crippen molar-refractivity contribution in [3.63, 3.8) is 0 Å². The highest BCUT2D eigenvalue weighted by Crippen LogP contribution is 2.26. The lowest BCUT2D eigenvalue weighted by Crippen LogP contribution is -2.55. The molecule has 1 saturated carbocycles. The lowest BCUT2D eigenvalue weighted by atomic mass is 9.85. The van der Waals surface area contributed by atoms with Gasteiger partial charge in [-0.05, 0) is 26.2 Å². The predicted octanol–water partition coefficient (Wildman–Crippen LogP) is 1.53. The van der Waals surface area contributed by atoms with Crippen molar-refractivity contribution in [2.75, 3.05) is 39.9 Å². The Hall–Kier alpha value is -0.0700. The van der Waals surface area contributed by atoms with Gasteiger partial charge in [-0.3, -0.25) is 9.69 Å². The first-order valence-electron chi connectivity index (χ1n) is 7.89. The van der Waals surface area contributed by atoms with Crippen molar-refractivity contribution in [3.8, 4) is 0 Å². The fourth-order valence-corrected chi connectivity index (χ4v) is 3.45. The number of rotatable bonds is 4. The van der Waals surface area contributed by atoms with Crippen LogP contribution in [-0.4, -0.2) is 67.7 Å². The number of carbonyl (C=O) groups is 1. The van der Waals surface area contributed by atoms with Crippen LogP contribution in [0.15, 0.2) is 0 Å². The summed E-state index contributed by atoms with van der Waals surface area (Å²) in [5.74, 6) is 0.495. The van der Waals surface area contributed by atoms with Gasteiger partial charge in [0.2, 0.25) is 5.91 Å². The van der Waals surface area contributed by atoms with Crippen LogP contribution in [-0.2, 0) is 9.53 Å². The number of piperazine rings is 1. The number of methoxy groups -OCH3 is 1. The molecule has 1 saturated heterocycles. The summed E-state index contributed by atoms with van der Waals surface area (Å²) in [7, 11) is 1.73. The van der Waals surface area contributed by atoms with Crippen LogP contribution in [0.4, 0.5) is 0 Å². The molecular formula is C15H31Cl2N3O2. The summed E-state index contributed by atoms with van der Waals surface area (Å²) in [6.07, 6.45) is 4.06. The lowest BCUT2D eigenvalue weighted by Gasteiger charge is -2.41. The Kier molecular flexibility index (Phi) is 10.6. The first-order valence-corrected chi connectivity index (χ1v) is 7.89. The Balaban J connectivity index is 0.00000220. The van der Waals surface area contributed by atoms with E-state index in [2.05, 4.69) is 16.7 Å². The van der Waals surface area contributed by atoms with Gasteiger partial charge in [0.1, 0.15) is 0 Å². The Bertz CT molecular complexity index is 334. The molecule has 22 heavy (non-hydrogen) atoms. The highest BCUT2D eigenvalue weighted by molar-refractivity contribution is 5.85. The fourth-order valence-electron chi connectivity index (χ4n) is 3.45. The Morgan fingerprint density at radius 1 is 1.27 bits per heavy atom. The van der Waals surface area contributed by atoms with Gasteiger partial charge in [-0.25, -0.2) is 0 Å². The second-order valence-electron chi connectivity index (χ2n) is 6.29. The third kappa shape index (κ3) is 5.85. The van der Waals surface area contributed by atoms with Crippen LogP contribution in [0.3, 0.4) is 0 Å². The topological polar surface area (TPSA) is 58.8 Å². The molecule has 7 heteroatoms. The van der Waals surface area contributed by atoms with E-state index >= 15 is 0 Å². The molecule has 0 spiro atoms. The minimum absolute atomic E-state index is 0. The molecule has 0 bridgehead atoms. The van der Waals surface area contributed by atoms with Crippen LogP contribution in [0.2, 0.25) is 0 Å². The van der Waals surface area contributed by atoms with Crippen LogP contribution >= 0.6 is 24.8 Å². The van der Waals surface area contributed by atoms with E-state index in [1.54, 1.807) is 7.11 Å². The van der Waals surface area contributed by atoms with E-state index in [1.807, 2.05) is 0 Å². The number of amides is 1. The minimum atomic E-state index is 0. The van der Waals surface area contributed by atoms with E-state index in [0.717, 1.165) is 58.5 Å². The molecule has 0 aromatic carbocycles. The molecule has 0 aromatic rings. The van der Waals surface area contributed by atoms with E-state index < -0.39 is 0 Å². The minimum Gasteiger partial charge on any atom is -0.383 e. The number of nitrogens with two attached hydrogens (primary N) is 1. The van der Waals surface area contributed by atoms with Gasteiger partial charge < -0.3 is 15.4 Å². The van der Waals surface area contributed by atoms with Gasteiger partial charge in [-0.2, -0.15) is 0 Å². The average molecular weight is 356 g/mol. The van der Waals surface area contributed by atoms with E-state index in [9.17, 15) is 4.79 Å². The second-order valence-corrected chi connectivity index (χ2v) is 6.29. The summed E-state index contributed by atoms with van der Waals surface area (Å²) in [6, 6.07) is 0.637. The maximum absolute atomic E-state index is 12.6. The average Bonchev–Trinajstić information content (AvgIpc) is 2.45. The van der Waals surface area contributed by atoms with E-state index in [4.69, 9.17) is 10.5 Å². The predicted molar refractivity (Wildman–Crippen MR) is 93.9 cm³/mol. The Morgan fingerprint density at radius 3 is 2.59 bits per heavy atom. The standard InChI is InChI=1S/C15H29N3O2.2ClH/c1-12-11-18(7-6-17(12)8-9-20-2)15(19)13-4-3-5-14(16)10-13;;/h12-14H,3-11,16H2,1-2H3;2*1H.